The lowest BCUT2D eigenvalue weighted by molar-refractivity contribution is -0.199. The number of nitrogens with zero attached hydrogens (tertiary/aromatic N) is 4. The molecule has 0 radical (unpaired) electrons. The zero-order valence-electron chi connectivity index (χ0n) is 22.8. The fourth-order valence-corrected chi connectivity index (χ4v) is 6.41. The standard InChI is InChI=1S/C33H35N5O2/c1-3-5-17-28-30-25-18-10-9-16-24(25)22-35-36(30)31-27-20-12-11-19-26(27)29(13-4-2)37(38(31)32(28)39)33(40)34-21-23-14-7-6-8-15-23/h4,6-12,14-16,18-20,22,28-31H,2-3,5,13,17,21H2,1H3,(H,34,40). The number of fused-ring (bicyclic) bond motifs is 7. The Labute approximate surface area is 235 Å². The van der Waals surface area contributed by atoms with Crippen molar-refractivity contribution < 1.29 is 9.59 Å². The highest BCUT2D eigenvalue weighted by Crippen LogP contribution is 2.52. The van der Waals surface area contributed by atoms with Gasteiger partial charge < -0.3 is 5.32 Å². The van der Waals surface area contributed by atoms with Crippen molar-refractivity contribution in [3.05, 3.63) is 119 Å². The van der Waals surface area contributed by atoms with Crippen molar-refractivity contribution in [1.29, 1.82) is 0 Å². The van der Waals surface area contributed by atoms with E-state index in [1.165, 1.54) is 0 Å². The number of nitrogens with one attached hydrogen (secondary N) is 1. The molecule has 1 saturated heterocycles. The molecule has 6 rings (SSSR count). The third-order valence-electron chi connectivity index (χ3n) is 8.25. The minimum absolute atomic E-state index is 0.0370. The van der Waals surface area contributed by atoms with Gasteiger partial charge in [-0.15, -0.1) is 6.58 Å². The molecule has 7 heteroatoms. The molecule has 3 amide bonds. The third-order valence-corrected chi connectivity index (χ3v) is 8.25. The zero-order valence-corrected chi connectivity index (χ0v) is 22.8. The number of hydrogen-bond acceptors (Lipinski definition) is 4. The Morgan fingerprint density at radius 2 is 1.68 bits per heavy atom. The Morgan fingerprint density at radius 1 is 0.975 bits per heavy atom. The summed E-state index contributed by atoms with van der Waals surface area (Å²) in [7, 11) is 0. The van der Waals surface area contributed by atoms with Crippen molar-refractivity contribution in [2.45, 2.75) is 57.4 Å². The molecule has 0 saturated carbocycles. The van der Waals surface area contributed by atoms with Crippen LogP contribution in [-0.4, -0.2) is 33.2 Å². The van der Waals surface area contributed by atoms with E-state index in [0.717, 1.165) is 47.1 Å². The minimum Gasteiger partial charge on any atom is -0.332 e. The molecule has 3 aliphatic heterocycles. The number of hydrazine groups is 1. The lowest BCUT2D eigenvalue weighted by atomic mass is 9.80. The van der Waals surface area contributed by atoms with Crippen LogP contribution < -0.4 is 5.32 Å². The molecule has 204 valence electrons. The molecule has 3 heterocycles. The van der Waals surface area contributed by atoms with E-state index in [0.29, 0.717) is 13.0 Å². The number of amides is 3. The fourth-order valence-electron chi connectivity index (χ4n) is 6.41. The molecule has 4 unspecified atom stereocenters. The van der Waals surface area contributed by atoms with Gasteiger partial charge in [0, 0.05) is 12.1 Å². The number of hydrogen-bond donors (Lipinski definition) is 1. The van der Waals surface area contributed by atoms with E-state index in [1.807, 2.05) is 66.9 Å². The van der Waals surface area contributed by atoms with Gasteiger partial charge in [0.05, 0.1) is 24.2 Å². The van der Waals surface area contributed by atoms with Crippen LogP contribution in [0.2, 0.25) is 0 Å². The summed E-state index contributed by atoms with van der Waals surface area (Å²) in [5, 5.41) is 13.4. The Kier molecular flexibility index (Phi) is 7.11. The largest absolute Gasteiger partial charge is 0.337 e. The summed E-state index contributed by atoms with van der Waals surface area (Å²) >= 11 is 0. The minimum atomic E-state index is -0.542. The summed E-state index contributed by atoms with van der Waals surface area (Å²) < 4.78 is 0. The van der Waals surface area contributed by atoms with Gasteiger partial charge in [-0.05, 0) is 35.1 Å². The highest BCUT2D eigenvalue weighted by atomic mass is 16.2. The predicted molar refractivity (Wildman–Crippen MR) is 156 cm³/mol. The molecule has 1 fully saturated rings. The summed E-state index contributed by atoms with van der Waals surface area (Å²) in [4.78, 5) is 28.8. The first kappa shape index (κ1) is 25.9. The van der Waals surface area contributed by atoms with Crippen molar-refractivity contribution in [3.8, 4) is 0 Å². The maximum absolute atomic E-state index is 14.7. The number of hydrazone groups is 1. The van der Waals surface area contributed by atoms with Crippen LogP contribution in [0.25, 0.3) is 0 Å². The van der Waals surface area contributed by atoms with E-state index < -0.39 is 6.17 Å². The number of carbonyl (C=O) groups excluding carboxylic acids is 2. The molecule has 0 aliphatic carbocycles. The molecule has 0 aromatic heterocycles. The smallest absolute Gasteiger partial charge is 0.332 e. The van der Waals surface area contributed by atoms with E-state index in [2.05, 4.69) is 48.1 Å². The predicted octanol–water partition coefficient (Wildman–Crippen LogP) is 6.48. The second-order valence-corrected chi connectivity index (χ2v) is 10.7. The summed E-state index contributed by atoms with van der Waals surface area (Å²) in [6, 6.07) is 25.3. The van der Waals surface area contributed by atoms with Gasteiger partial charge in [0.1, 0.15) is 0 Å². The molecule has 40 heavy (non-hydrogen) atoms. The normalized spacial score (nSPS) is 22.6. The van der Waals surface area contributed by atoms with Crippen LogP contribution in [0.3, 0.4) is 0 Å². The van der Waals surface area contributed by atoms with Gasteiger partial charge in [-0.3, -0.25) is 9.80 Å². The molecule has 3 aromatic rings. The SMILES string of the molecule is C=CCC1c2ccccc2C2N3N=Cc4ccccc4C3C(CCCC)C(=O)N2N1C(=O)NCc1ccccc1. The van der Waals surface area contributed by atoms with Gasteiger partial charge in [-0.2, -0.15) is 5.10 Å². The van der Waals surface area contributed by atoms with Gasteiger partial charge in [0.15, 0.2) is 6.17 Å². The Morgan fingerprint density at radius 3 is 2.42 bits per heavy atom. The van der Waals surface area contributed by atoms with Gasteiger partial charge in [0.25, 0.3) is 0 Å². The van der Waals surface area contributed by atoms with E-state index >= 15 is 0 Å². The van der Waals surface area contributed by atoms with Gasteiger partial charge in [-0.1, -0.05) is 105 Å². The van der Waals surface area contributed by atoms with Crippen LogP contribution in [0.5, 0.6) is 0 Å². The molecular weight excluding hydrogens is 498 g/mol. The highest BCUT2D eigenvalue weighted by molar-refractivity contribution is 5.88. The van der Waals surface area contributed by atoms with Crippen LogP contribution in [0, 0.1) is 5.92 Å². The number of carbonyl (C=O) groups is 2. The Balaban J connectivity index is 1.48. The van der Waals surface area contributed by atoms with Crippen LogP contribution in [0.15, 0.2) is 96.6 Å². The van der Waals surface area contributed by atoms with Crippen molar-refractivity contribution in [3.63, 3.8) is 0 Å². The average molecular weight is 534 g/mol. The van der Waals surface area contributed by atoms with Crippen LogP contribution in [0.1, 0.15) is 78.7 Å². The van der Waals surface area contributed by atoms with E-state index in [4.69, 9.17) is 5.10 Å². The monoisotopic (exact) mass is 533 g/mol. The lowest BCUT2D eigenvalue weighted by Gasteiger charge is -2.58. The first-order chi connectivity index (χ1) is 19.6. The molecule has 3 aromatic carbocycles. The molecule has 4 atom stereocenters. The number of urea groups is 1. The fraction of sp³-hybridized carbons (Fsp3) is 0.303. The molecule has 0 bridgehead atoms. The summed E-state index contributed by atoms with van der Waals surface area (Å²) in [6.45, 7) is 6.49. The van der Waals surface area contributed by atoms with E-state index in [9.17, 15) is 9.59 Å². The van der Waals surface area contributed by atoms with Crippen molar-refractivity contribution in [2.24, 2.45) is 11.0 Å². The van der Waals surface area contributed by atoms with E-state index in [1.54, 1.807) is 10.0 Å². The van der Waals surface area contributed by atoms with Crippen molar-refractivity contribution in [2.75, 3.05) is 0 Å². The second kappa shape index (κ2) is 11.0. The van der Waals surface area contributed by atoms with Crippen LogP contribution in [-0.2, 0) is 11.3 Å². The molecule has 1 N–H and O–H groups in total. The van der Waals surface area contributed by atoms with Crippen LogP contribution >= 0.6 is 0 Å². The molecule has 0 spiro atoms. The topological polar surface area (TPSA) is 68.2 Å². The number of benzene rings is 3. The molecular formula is C33H35N5O2. The number of rotatable bonds is 7. The Bertz CT molecular complexity index is 1440. The van der Waals surface area contributed by atoms with Gasteiger partial charge >= 0.3 is 6.03 Å². The summed E-state index contributed by atoms with van der Waals surface area (Å²) in [5.41, 5.74) is 5.14. The van der Waals surface area contributed by atoms with Crippen molar-refractivity contribution in [1.82, 2.24) is 20.3 Å². The van der Waals surface area contributed by atoms with Crippen molar-refractivity contribution >= 4 is 18.2 Å². The van der Waals surface area contributed by atoms with Gasteiger partial charge in [0.2, 0.25) is 5.91 Å². The molecule has 7 nitrogen and oxygen atoms in total. The molecule has 3 aliphatic rings. The highest BCUT2D eigenvalue weighted by Gasteiger charge is 2.55. The third kappa shape index (κ3) is 4.35. The van der Waals surface area contributed by atoms with Gasteiger partial charge in [-0.25, -0.2) is 14.8 Å². The Hall–Kier alpha value is -4.39. The quantitative estimate of drug-likeness (QED) is 0.353. The first-order valence-corrected chi connectivity index (χ1v) is 14.2. The zero-order chi connectivity index (χ0) is 27.6. The second-order valence-electron chi connectivity index (χ2n) is 10.7. The van der Waals surface area contributed by atoms with Crippen LogP contribution in [0.4, 0.5) is 4.79 Å². The lowest BCUT2D eigenvalue weighted by Crippen LogP contribution is -2.66. The maximum atomic E-state index is 14.7. The maximum Gasteiger partial charge on any atom is 0.337 e. The summed E-state index contributed by atoms with van der Waals surface area (Å²) in [6.07, 6.45) is 6.29. The van der Waals surface area contributed by atoms with E-state index in [-0.39, 0.29) is 29.9 Å². The first-order valence-electron chi connectivity index (χ1n) is 14.2. The summed E-state index contributed by atoms with van der Waals surface area (Å²) in [5.74, 6) is -0.376. The average Bonchev–Trinajstić information content (AvgIpc) is 3.00. The number of unbranched alkanes of at least 4 members (excludes halogenated alkanes) is 1.